The summed E-state index contributed by atoms with van der Waals surface area (Å²) in [7, 11) is -2.23. The summed E-state index contributed by atoms with van der Waals surface area (Å²) in [6.07, 6.45) is -1.10. The summed E-state index contributed by atoms with van der Waals surface area (Å²) in [5.74, 6) is 5.10. The van der Waals surface area contributed by atoms with Crippen LogP contribution in [0.2, 0.25) is 5.02 Å². The van der Waals surface area contributed by atoms with Crippen molar-refractivity contribution in [1.82, 2.24) is 4.72 Å². The zero-order valence-electron chi connectivity index (χ0n) is 19.2. The van der Waals surface area contributed by atoms with Crippen LogP contribution in [0.15, 0.2) is 41.3 Å². The van der Waals surface area contributed by atoms with Crippen LogP contribution in [-0.2, 0) is 19.6 Å². The van der Waals surface area contributed by atoms with Gasteiger partial charge in [0.25, 0.3) is 0 Å². The topological polar surface area (TPSA) is 102 Å². The lowest BCUT2D eigenvalue weighted by Gasteiger charge is -2.28. The molecule has 0 aliphatic heterocycles. The van der Waals surface area contributed by atoms with Crippen LogP contribution in [0.4, 0.5) is 0 Å². The van der Waals surface area contributed by atoms with E-state index in [0.717, 1.165) is 5.56 Å². The molecule has 0 bridgehead atoms. The number of rotatable bonds is 8. The Labute approximate surface area is 200 Å². The molecule has 2 N–H and O–H groups in total. The molecule has 33 heavy (non-hydrogen) atoms. The molecule has 0 spiro atoms. The molecule has 0 radical (unpaired) electrons. The summed E-state index contributed by atoms with van der Waals surface area (Å²) < 4.78 is 38.2. The number of carboxylic acids is 1. The van der Waals surface area contributed by atoms with Gasteiger partial charge in [0, 0.05) is 29.7 Å². The summed E-state index contributed by atoms with van der Waals surface area (Å²) in [5, 5.41) is 9.99. The maximum atomic E-state index is 12.5. The lowest BCUT2D eigenvalue weighted by Crippen LogP contribution is -2.39. The molecular weight excluding hydrogens is 466 g/mol. The summed E-state index contributed by atoms with van der Waals surface area (Å²) in [6, 6.07) is 9.40. The Bertz CT molecular complexity index is 1180. The average Bonchev–Trinajstić information content (AvgIpc) is 2.71. The first kappa shape index (κ1) is 26.7. The van der Waals surface area contributed by atoms with E-state index in [2.05, 4.69) is 16.6 Å². The molecule has 0 fully saturated rings. The predicted octanol–water partition coefficient (Wildman–Crippen LogP) is 3.85. The van der Waals surface area contributed by atoms with Crippen LogP contribution in [-0.4, -0.2) is 45.9 Å². The SMILES string of the molecule is COCCNS(=O)(=O)c1ccc(C)c(C#Cc2cc(Cl)ccc2OC(C(=O)O)C(C)(C)C)c1. The number of nitrogens with one attached hydrogen (secondary N) is 1. The molecule has 0 aromatic heterocycles. The smallest absolute Gasteiger partial charge is 0.345 e. The number of halogens is 1. The van der Waals surface area contributed by atoms with Crippen LogP contribution in [0.1, 0.15) is 37.5 Å². The maximum Gasteiger partial charge on any atom is 0.345 e. The first-order valence-corrected chi connectivity index (χ1v) is 12.0. The van der Waals surface area contributed by atoms with E-state index in [1.54, 1.807) is 45.0 Å². The third kappa shape index (κ3) is 7.47. The van der Waals surface area contributed by atoms with Crippen molar-refractivity contribution >= 4 is 27.6 Å². The van der Waals surface area contributed by atoms with E-state index in [1.807, 2.05) is 6.92 Å². The Kier molecular flexibility index (Phi) is 8.92. The molecule has 0 saturated carbocycles. The quantitative estimate of drug-likeness (QED) is 0.428. The molecule has 0 saturated heterocycles. The van der Waals surface area contributed by atoms with Crippen molar-refractivity contribution in [3.63, 3.8) is 0 Å². The average molecular weight is 494 g/mol. The molecule has 7 nitrogen and oxygen atoms in total. The van der Waals surface area contributed by atoms with Gasteiger partial charge in [-0.2, -0.15) is 0 Å². The fourth-order valence-corrected chi connectivity index (χ4v) is 4.04. The van der Waals surface area contributed by atoms with Gasteiger partial charge in [-0.25, -0.2) is 17.9 Å². The maximum absolute atomic E-state index is 12.5. The molecule has 1 unspecified atom stereocenters. The Morgan fingerprint density at radius 1 is 1.15 bits per heavy atom. The Morgan fingerprint density at radius 3 is 2.42 bits per heavy atom. The van der Waals surface area contributed by atoms with Gasteiger partial charge in [0.1, 0.15) is 5.75 Å². The van der Waals surface area contributed by atoms with E-state index in [4.69, 9.17) is 21.1 Å². The van der Waals surface area contributed by atoms with Gasteiger partial charge in [-0.1, -0.05) is 50.3 Å². The van der Waals surface area contributed by atoms with E-state index in [-0.39, 0.29) is 23.8 Å². The third-order valence-corrected chi connectivity index (χ3v) is 6.34. The summed E-state index contributed by atoms with van der Waals surface area (Å²) in [5.41, 5.74) is 1.01. The number of hydrogen-bond donors (Lipinski definition) is 2. The molecule has 0 amide bonds. The second-order valence-corrected chi connectivity index (χ2v) is 10.7. The van der Waals surface area contributed by atoms with Crippen LogP contribution >= 0.6 is 11.6 Å². The van der Waals surface area contributed by atoms with Crippen molar-refractivity contribution in [1.29, 1.82) is 0 Å². The van der Waals surface area contributed by atoms with Crippen LogP contribution in [0.3, 0.4) is 0 Å². The van der Waals surface area contributed by atoms with Crippen LogP contribution in [0.5, 0.6) is 5.75 Å². The monoisotopic (exact) mass is 493 g/mol. The second-order valence-electron chi connectivity index (χ2n) is 8.46. The van der Waals surface area contributed by atoms with Gasteiger partial charge in [0.05, 0.1) is 17.1 Å². The van der Waals surface area contributed by atoms with Gasteiger partial charge in [0.15, 0.2) is 6.10 Å². The van der Waals surface area contributed by atoms with Gasteiger partial charge in [-0.15, -0.1) is 0 Å². The highest BCUT2D eigenvalue weighted by atomic mass is 35.5. The highest BCUT2D eigenvalue weighted by Crippen LogP contribution is 2.29. The molecular formula is C24H28ClNO6S. The van der Waals surface area contributed by atoms with Gasteiger partial charge in [0.2, 0.25) is 10.0 Å². The highest BCUT2D eigenvalue weighted by molar-refractivity contribution is 7.89. The van der Waals surface area contributed by atoms with Gasteiger partial charge in [-0.05, 0) is 42.8 Å². The molecule has 0 aliphatic rings. The number of carbonyl (C=O) groups is 1. The number of sulfonamides is 1. The normalized spacial score (nSPS) is 12.5. The molecule has 0 heterocycles. The fourth-order valence-electron chi connectivity index (χ4n) is 2.83. The zero-order chi connectivity index (χ0) is 24.8. The number of aliphatic carboxylic acids is 1. The summed E-state index contributed by atoms with van der Waals surface area (Å²) in [4.78, 5) is 11.8. The van der Waals surface area contributed by atoms with E-state index < -0.39 is 27.5 Å². The van der Waals surface area contributed by atoms with E-state index in [0.29, 0.717) is 16.1 Å². The Morgan fingerprint density at radius 2 is 1.82 bits per heavy atom. The molecule has 1 atom stereocenters. The van der Waals surface area contributed by atoms with E-state index in [9.17, 15) is 18.3 Å². The number of hydrogen-bond acceptors (Lipinski definition) is 5. The van der Waals surface area contributed by atoms with Crippen molar-refractivity contribution in [3.8, 4) is 17.6 Å². The first-order chi connectivity index (χ1) is 15.3. The predicted molar refractivity (Wildman–Crippen MR) is 127 cm³/mol. The number of carboxylic acid groups (broad SMARTS) is 1. The van der Waals surface area contributed by atoms with Gasteiger partial charge < -0.3 is 14.6 Å². The molecule has 2 aromatic rings. The number of ether oxygens (including phenoxy) is 2. The Hall–Kier alpha value is -2.57. The van der Waals surface area contributed by atoms with Gasteiger partial charge >= 0.3 is 5.97 Å². The zero-order valence-corrected chi connectivity index (χ0v) is 20.8. The van der Waals surface area contributed by atoms with Crippen LogP contribution in [0.25, 0.3) is 0 Å². The van der Waals surface area contributed by atoms with Crippen molar-refractivity contribution in [3.05, 3.63) is 58.1 Å². The van der Waals surface area contributed by atoms with E-state index in [1.165, 1.54) is 19.2 Å². The second kappa shape index (κ2) is 11.0. The fraction of sp³-hybridized carbons (Fsp3) is 0.375. The number of methoxy groups -OCH3 is 1. The van der Waals surface area contributed by atoms with Crippen molar-refractivity contribution < 1.29 is 27.8 Å². The minimum atomic E-state index is -3.72. The minimum Gasteiger partial charge on any atom is -0.478 e. The van der Waals surface area contributed by atoms with Crippen molar-refractivity contribution in [2.24, 2.45) is 5.41 Å². The standard InChI is InChI=1S/C24H28ClNO6S/c1-16-6-10-20(33(29,30)26-12-13-31-5)15-17(16)7-8-18-14-19(25)9-11-21(18)32-22(23(27)28)24(2,3)4/h6,9-11,14-15,22,26H,12-13H2,1-5H3,(H,27,28). The van der Waals surface area contributed by atoms with Crippen molar-refractivity contribution in [2.75, 3.05) is 20.3 Å². The molecule has 178 valence electrons. The number of benzene rings is 2. The Balaban J connectivity index is 2.44. The van der Waals surface area contributed by atoms with E-state index >= 15 is 0 Å². The summed E-state index contributed by atoms with van der Waals surface area (Å²) in [6.45, 7) is 7.51. The molecule has 2 rings (SSSR count). The largest absolute Gasteiger partial charge is 0.478 e. The number of aryl methyl sites for hydroxylation is 1. The summed E-state index contributed by atoms with van der Waals surface area (Å²) >= 11 is 6.13. The van der Waals surface area contributed by atoms with Crippen LogP contribution in [0, 0.1) is 24.2 Å². The third-order valence-electron chi connectivity index (χ3n) is 4.65. The first-order valence-electron chi connectivity index (χ1n) is 10.2. The van der Waals surface area contributed by atoms with Crippen LogP contribution < -0.4 is 9.46 Å². The highest BCUT2D eigenvalue weighted by Gasteiger charge is 2.33. The molecule has 9 heteroatoms. The van der Waals surface area contributed by atoms with Gasteiger partial charge in [-0.3, -0.25) is 0 Å². The molecule has 2 aromatic carbocycles. The lowest BCUT2D eigenvalue weighted by molar-refractivity contribution is -0.150. The lowest BCUT2D eigenvalue weighted by atomic mass is 9.89. The molecule has 0 aliphatic carbocycles. The minimum absolute atomic E-state index is 0.0785. The van der Waals surface area contributed by atoms with Crippen molar-refractivity contribution in [2.45, 2.75) is 38.7 Å².